The third-order valence-electron chi connectivity index (χ3n) is 3.86. The van der Waals surface area contributed by atoms with Gasteiger partial charge in [-0.1, -0.05) is 18.2 Å². The number of esters is 1. The molecule has 0 aliphatic carbocycles. The van der Waals surface area contributed by atoms with E-state index < -0.39 is 6.10 Å². The Morgan fingerprint density at radius 3 is 2.67 bits per heavy atom. The highest BCUT2D eigenvalue weighted by Crippen LogP contribution is 2.23. The molecule has 1 aromatic carbocycles. The van der Waals surface area contributed by atoms with Crippen molar-refractivity contribution in [3.8, 4) is 0 Å². The molecule has 1 saturated heterocycles. The summed E-state index contributed by atoms with van der Waals surface area (Å²) in [5, 5.41) is 10.1. The van der Waals surface area contributed by atoms with Crippen molar-refractivity contribution < 1.29 is 19.4 Å². The number of ether oxygens (including phenoxy) is 2. The van der Waals surface area contributed by atoms with Gasteiger partial charge in [-0.05, 0) is 39.6 Å². The zero-order valence-electron chi connectivity index (χ0n) is 12.7. The van der Waals surface area contributed by atoms with E-state index in [2.05, 4.69) is 0 Å². The van der Waals surface area contributed by atoms with E-state index in [1.165, 1.54) is 0 Å². The highest BCUT2D eigenvalue weighted by Gasteiger charge is 2.36. The number of nitrogens with zero attached hydrogens (tertiary/aromatic N) is 1. The predicted molar refractivity (Wildman–Crippen MR) is 79.2 cm³/mol. The van der Waals surface area contributed by atoms with Crippen LogP contribution in [-0.2, 0) is 9.47 Å². The van der Waals surface area contributed by atoms with Crippen LogP contribution in [0.5, 0.6) is 0 Å². The van der Waals surface area contributed by atoms with Gasteiger partial charge in [0.15, 0.2) is 0 Å². The molecular formula is C16H23NO4. The van der Waals surface area contributed by atoms with Crippen LogP contribution in [-0.4, -0.2) is 61.0 Å². The largest absolute Gasteiger partial charge is 0.459 e. The quantitative estimate of drug-likeness (QED) is 0.848. The number of benzene rings is 1. The zero-order valence-corrected chi connectivity index (χ0v) is 12.7. The first-order chi connectivity index (χ1) is 9.99. The molecule has 1 aliphatic rings. The number of hydrogen-bond donors (Lipinski definition) is 1. The summed E-state index contributed by atoms with van der Waals surface area (Å²) in [5.74, 6) is -0.348. The average molecular weight is 293 g/mol. The SMILES string of the molecule is C[C@@H]1O[C@H](COC(=O)c2ccccc2)C[C@H](N(C)C)[C@H]1O. The van der Waals surface area contributed by atoms with Crippen LogP contribution in [0.4, 0.5) is 0 Å². The van der Waals surface area contributed by atoms with E-state index in [9.17, 15) is 9.90 Å². The molecule has 5 nitrogen and oxygen atoms in total. The molecule has 1 N–H and O–H groups in total. The molecule has 1 aliphatic heterocycles. The summed E-state index contributed by atoms with van der Waals surface area (Å²) in [6.45, 7) is 2.04. The number of rotatable bonds is 4. The van der Waals surface area contributed by atoms with Gasteiger partial charge in [-0.3, -0.25) is 0 Å². The van der Waals surface area contributed by atoms with Gasteiger partial charge in [-0.25, -0.2) is 4.79 Å². The number of likely N-dealkylation sites (N-methyl/N-ethyl adjacent to an activating group) is 1. The van der Waals surface area contributed by atoms with Gasteiger partial charge >= 0.3 is 5.97 Å². The van der Waals surface area contributed by atoms with Crippen molar-refractivity contribution in [1.29, 1.82) is 0 Å². The van der Waals surface area contributed by atoms with Gasteiger partial charge in [0, 0.05) is 6.04 Å². The molecule has 4 atom stereocenters. The highest BCUT2D eigenvalue weighted by molar-refractivity contribution is 5.89. The van der Waals surface area contributed by atoms with Gasteiger partial charge in [0.05, 0.1) is 23.9 Å². The molecule has 0 saturated carbocycles. The molecule has 0 unspecified atom stereocenters. The Bertz CT molecular complexity index is 463. The maximum Gasteiger partial charge on any atom is 0.338 e. The van der Waals surface area contributed by atoms with E-state index in [0.717, 1.165) is 0 Å². The van der Waals surface area contributed by atoms with E-state index in [1.54, 1.807) is 24.3 Å². The molecule has 0 radical (unpaired) electrons. The van der Waals surface area contributed by atoms with Crippen molar-refractivity contribution >= 4 is 5.97 Å². The first-order valence-corrected chi connectivity index (χ1v) is 7.21. The summed E-state index contributed by atoms with van der Waals surface area (Å²) < 4.78 is 11.0. The van der Waals surface area contributed by atoms with Crippen LogP contribution in [0, 0.1) is 0 Å². The van der Waals surface area contributed by atoms with Crippen LogP contribution in [0.25, 0.3) is 0 Å². The Balaban J connectivity index is 1.90. The molecule has 0 spiro atoms. The first-order valence-electron chi connectivity index (χ1n) is 7.21. The lowest BCUT2D eigenvalue weighted by molar-refractivity contribution is -0.151. The van der Waals surface area contributed by atoms with Crippen LogP contribution in [0.3, 0.4) is 0 Å². The van der Waals surface area contributed by atoms with Crippen LogP contribution in [0.15, 0.2) is 30.3 Å². The Morgan fingerprint density at radius 2 is 2.05 bits per heavy atom. The van der Waals surface area contributed by atoms with Crippen molar-refractivity contribution in [2.24, 2.45) is 0 Å². The monoisotopic (exact) mass is 293 g/mol. The van der Waals surface area contributed by atoms with Crippen LogP contribution >= 0.6 is 0 Å². The third-order valence-corrected chi connectivity index (χ3v) is 3.86. The van der Waals surface area contributed by atoms with E-state index in [1.807, 2.05) is 32.0 Å². The Labute approximate surface area is 125 Å². The molecule has 21 heavy (non-hydrogen) atoms. The number of aliphatic hydroxyl groups is 1. The molecular weight excluding hydrogens is 270 g/mol. The van der Waals surface area contributed by atoms with E-state index >= 15 is 0 Å². The molecule has 1 aromatic rings. The molecule has 2 rings (SSSR count). The summed E-state index contributed by atoms with van der Waals surface area (Å²) in [5.41, 5.74) is 0.533. The van der Waals surface area contributed by atoms with Gasteiger partial charge in [0.25, 0.3) is 0 Å². The van der Waals surface area contributed by atoms with Crippen molar-refractivity contribution in [3.05, 3.63) is 35.9 Å². The molecule has 0 amide bonds. The average Bonchev–Trinajstić information content (AvgIpc) is 2.48. The van der Waals surface area contributed by atoms with Gasteiger partial charge in [-0.15, -0.1) is 0 Å². The molecule has 116 valence electrons. The molecule has 5 heteroatoms. The molecule has 0 aromatic heterocycles. The first kappa shape index (κ1) is 15.9. The van der Waals surface area contributed by atoms with E-state index in [0.29, 0.717) is 12.0 Å². The maximum atomic E-state index is 11.9. The van der Waals surface area contributed by atoms with Gasteiger partial charge < -0.3 is 19.5 Å². The normalized spacial score (nSPS) is 29.4. The predicted octanol–water partition coefficient (Wildman–Crippen LogP) is 1.31. The fourth-order valence-corrected chi connectivity index (χ4v) is 2.61. The second-order valence-corrected chi connectivity index (χ2v) is 5.68. The smallest absolute Gasteiger partial charge is 0.338 e. The van der Waals surface area contributed by atoms with Crippen LogP contribution in [0.2, 0.25) is 0 Å². The minimum absolute atomic E-state index is 0.00850. The Kier molecular flexibility index (Phi) is 5.33. The van der Waals surface area contributed by atoms with Crippen LogP contribution in [0.1, 0.15) is 23.7 Å². The summed E-state index contributed by atoms with van der Waals surface area (Å²) in [6, 6.07) is 8.90. The fourth-order valence-electron chi connectivity index (χ4n) is 2.61. The minimum atomic E-state index is -0.527. The highest BCUT2D eigenvalue weighted by atomic mass is 16.6. The molecule has 1 heterocycles. The topological polar surface area (TPSA) is 59.0 Å². The fraction of sp³-hybridized carbons (Fsp3) is 0.562. The number of aliphatic hydroxyl groups excluding tert-OH is 1. The summed E-state index contributed by atoms with van der Waals surface area (Å²) >= 11 is 0. The zero-order chi connectivity index (χ0) is 15.4. The van der Waals surface area contributed by atoms with Gasteiger partial charge in [0.1, 0.15) is 6.61 Å². The van der Waals surface area contributed by atoms with Crippen LogP contribution < -0.4 is 0 Å². The summed E-state index contributed by atoms with van der Waals surface area (Å²) in [4.78, 5) is 13.9. The summed E-state index contributed by atoms with van der Waals surface area (Å²) in [6.07, 6.45) is -0.350. The molecule has 0 bridgehead atoms. The van der Waals surface area contributed by atoms with Crippen molar-refractivity contribution in [3.63, 3.8) is 0 Å². The van der Waals surface area contributed by atoms with Crippen molar-refractivity contribution in [2.75, 3.05) is 20.7 Å². The van der Waals surface area contributed by atoms with Crippen molar-refractivity contribution in [1.82, 2.24) is 4.90 Å². The molecule has 1 fully saturated rings. The van der Waals surface area contributed by atoms with E-state index in [4.69, 9.17) is 9.47 Å². The number of carbonyl (C=O) groups excluding carboxylic acids is 1. The third kappa shape index (κ3) is 4.03. The minimum Gasteiger partial charge on any atom is -0.459 e. The second kappa shape index (κ2) is 7.02. The van der Waals surface area contributed by atoms with Gasteiger partial charge in [0.2, 0.25) is 0 Å². The van der Waals surface area contributed by atoms with Gasteiger partial charge in [-0.2, -0.15) is 0 Å². The lowest BCUT2D eigenvalue weighted by Crippen LogP contribution is -2.53. The summed E-state index contributed by atoms with van der Waals surface area (Å²) in [7, 11) is 3.86. The lowest BCUT2D eigenvalue weighted by atomic mass is 9.95. The number of carbonyl (C=O) groups is 1. The van der Waals surface area contributed by atoms with E-state index in [-0.39, 0.29) is 30.8 Å². The maximum absolute atomic E-state index is 11.9. The Hall–Kier alpha value is -1.43. The second-order valence-electron chi connectivity index (χ2n) is 5.68. The van der Waals surface area contributed by atoms with Crippen molar-refractivity contribution in [2.45, 2.75) is 37.7 Å². The lowest BCUT2D eigenvalue weighted by Gasteiger charge is -2.40. The number of hydrogen-bond acceptors (Lipinski definition) is 5. The Morgan fingerprint density at radius 1 is 1.38 bits per heavy atom. The standard InChI is InChI=1S/C16H23NO4/c1-11-15(18)14(17(2)3)9-13(21-11)10-20-16(19)12-7-5-4-6-8-12/h4-8,11,13-15,18H,9-10H2,1-3H3/t11-,13-,14-,15-/m0/s1.